The summed E-state index contributed by atoms with van der Waals surface area (Å²) >= 11 is 0. The van der Waals surface area contributed by atoms with Gasteiger partial charge in [-0.3, -0.25) is 9.69 Å². The highest BCUT2D eigenvalue weighted by atomic mass is 16.5. The maximum atomic E-state index is 13.0. The molecule has 7 rings (SSSR count). The van der Waals surface area contributed by atoms with E-state index in [2.05, 4.69) is 33.7 Å². The molecule has 2 N–H and O–H groups in total. The molecule has 0 aromatic heterocycles. The molecule has 1 aromatic carbocycles. The fraction of sp³-hybridized carbons (Fsp3) is 0.731. The third kappa shape index (κ3) is 3.58. The van der Waals surface area contributed by atoms with Crippen LogP contribution < -0.4 is 15.4 Å². The molecule has 1 saturated heterocycles. The number of hydrogen-bond donors (Lipinski definition) is 2. The smallest absolute Gasteiger partial charge is 0.234 e. The number of rotatable bonds is 4. The Kier molecular flexibility index (Phi) is 5.03. The van der Waals surface area contributed by atoms with E-state index in [0.717, 1.165) is 68.3 Å². The summed E-state index contributed by atoms with van der Waals surface area (Å²) in [6.45, 7) is 3.54. The Bertz CT molecular complexity index is 817. The Morgan fingerprint density at radius 3 is 2.52 bits per heavy atom. The summed E-state index contributed by atoms with van der Waals surface area (Å²) in [4.78, 5) is 15.3. The van der Waals surface area contributed by atoms with E-state index in [1.165, 1.54) is 43.2 Å². The van der Waals surface area contributed by atoms with Gasteiger partial charge in [0.2, 0.25) is 5.91 Å². The van der Waals surface area contributed by atoms with Crippen LogP contribution in [-0.4, -0.2) is 50.1 Å². The number of carbonyl (C=O) groups excluding carboxylic acids is 1. The van der Waals surface area contributed by atoms with Crippen molar-refractivity contribution in [2.45, 2.75) is 62.9 Å². The molecule has 5 heteroatoms. The van der Waals surface area contributed by atoms with Gasteiger partial charge >= 0.3 is 0 Å². The molecule has 31 heavy (non-hydrogen) atoms. The van der Waals surface area contributed by atoms with Gasteiger partial charge in [0.15, 0.2) is 0 Å². The molecule has 0 unspecified atom stereocenters. The molecule has 4 aliphatic carbocycles. The predicted molar refractivity (Wildman–Crippen MR) is 121 cm³/mol. The first-order valence-corrected chi connectivity index (χ1v) is 12.6. The van der Waals surface area contributed by atoms with Crippen LogP contribution in [0.15, 0.2) is 18.2 Å². The van der Waals surface area contributed by atoms with Crippen LogP contribution in [0.2, 0.25) is 0 Å². The number of carbonyl (C=O) groups is 1. The minimum Gasteiger partial charge on any atom is -0.497 e. The van der Waals surface area contributed by atoms with Gasteiger partial charge < -0.3 is 15.4 Å². The van der Waals surface area contributed by atoms with Crippen molar-refractivity contribution in [3.05, 3.63) is 29.3 Å². The van der Waals surface area contributed by atoms with Gasteiger partial charge in [0.25, 0.3) is 0 Å². The van der Waals surface area contributed by atoms with E-state index < -0.39 is 0 Å². The zero-order chi connectivity index (χ0) is 21.0. The maximum Gasteiger partial charge on any atom is 0.234 e. The van der Waals surface area contributed by atoms with Crippen molar-refractivity contribution in [2.24, 2.45) is 23.7 Å². The Morgan fingerprint density at radius 1 is 1.13 bits per heavy atom. The average Bonchev–Trinajstić information content (AvgIpc) is 2.77. The zero-order valence-corrected chi connectivity index (χ0v) is 18.9. The first kappa shape index (κ1) is 20.0. The lowest BCUT2D eigenvalue weighted by Crippen LogP contribution is -2.58. The van der Waals surface area contributed by atoms with E-state index >= 15 is 0 Å². The van der Waals surface area contributed by atoms with E-state index in [4.69, 9.17) is 4.74 Å². The fourth-order valence-electron chi connectivity index (χ4n) is 8.04. The Balaban J connectivity index is 1.06. The lowest BCUT2D eigenvalue weighted by molar-refractivity contribution is -0.126. The largest absolute Gasteiger partial charge is 0.497 e. The number of nitrogens with zero attached hydrogens (tertiary/aromatic N) is 1. The summed E-state index contributed by atoms with van der Waals surface area (Å²) < 4.78 is 5.44. The van der Waals surface area contributed by atoms with Gasteiger partial charge in [0.1, 0.15) is 5.75 Å². The average molecular weight is 424 g/mol. The summed E-state index contributed by atoms with van der Waals surface area (Å²) in [5, 5.41) is 7.33. The van der Waals surface area contributed by atoms with Crippen LogP contribution in [0.4, 0.5) is 0 Å². The van der Waals surface area contributed by atoms with E-state index in [1.54, 1.807) is 7.11 Å². The van der Waals surface area contributed by atoms with Gasteiger partial charge in [0, 0.05) is 31.2 Å². The van der Waals surface area contributed by atoms with Crippen molar-refractivity contribution in [3.63, 3.8) is 0 Å². The molecule has 1 spiro atoms. The van der Waals surface area contributed by atoms with E-state index in [9.17, 15) is 4.79 Å². The molecule has 5 fully saturated rings. The summed E-state index contributed by atoms with van der Waals surface area (Å²) in [6, 6.07) is 7.02. The molecule has 0 radical (unpaired) electrons. The molecule has 0 atom stereocenters. The highest BCUT2D eigenvalue weighted by Gasteiger charge is 2.48. The van der Waals surface area contributed by atoms with Crippen LogP contribution >= 0.6 is 0 Å². The molecule has 2 heterocycles. The molecule has 4 saturated carbocycles. The number of methoxy groups -OCH3 is 1. The van der Waals surface area contributed by atoms with Crippen molar-refractivity contribution in [1.29, 1.82) is 0 Å². The predicted octanol–water partition coefficient (Wildman–Crippen LogP) is 3.07. The van der Waals surface area contributed by atoms with E-state index in [1.807, 2.05) is 0 Å². The fourth-order valence-corrected chi connectivity index (χ4v) is 8.04. The molecule has 4 bridgehead atoms. The zero-order valence-electron chi connectivity index (χ0n) is 18.9. The number of likely N-dealkylation sites (tertiary alicyclic amines) is 1. The maximum absolute atomic E-state index is 13.0. The lowest BCUT2D eigenvalue weighted by Gasteiger charge is -2.54. The lowest BCUT2D eigenvalue weighted by atomic mass is 9.54. The van der Waals surface area contributed by atoms with Crippen molar-refractivity contribution in [1.82, 2.24) is 15.5 Å². The summed E-state index contributed by atoms with van der Waals surface area (Å²) in [7, 11) is 1.74. The van der Waals surface area contributed by atoms with Gasteiger partial charge in [-0.1, -0.05) is 6.07 Å². The molecular weight excluding hydrogens is 386 g/mol. The van der Waals surface area contributed by atoms with Crippen molar-refractivity contribution in [2.75, 3.05) is 33.3 Å². The standard InChI is InChI=1S/C26H37N3O2/c1-31-22-2-3-23-19(15-22)4-7-27-26(23)5-8-29(9-6-26)16-24(30)28-25-20-11-17-10-18(13-20)14-21(25)12-17/h2-3,15,17-18,20-21,25,27H,4-14,16H2,1H3,(H,28,30). The van der Waals surface area contributed by atoms with Crippen LogP contribution in [0.1, 0.15) is 56.1 Å². The Morgan fingerprint density at radius 2 is 1.84 bits per heavy atom. The highest BCUT2D eigenvalue weighted by molar-refractivity contribution is 5.78. The quantitative estimate of drug-likeness (QED) is 0.782. The van der Waals surface area contributed by atoms with Gasteiger partial charge in [-0.05, 0) is 98.3 Å². The SMILES string of the molecule is COc1ccc2c(c1)CCNC21CCN(CC(=O)NC2C3CC4CC(C3)CC2C4)CC1. The number of benzene rings is 1. The van der Waals surface area contributed by atoms with Crippen LogP contribution in [-0.2, 0) is 16.8 Å². The second-order valence-corrected chi connectivity index (χ2v) is 11.1. The summed E-state index contributed by atoms with van der Waals surface area (Å²) in [6.07, 6.45) is 10.1. The number of amides is 1. The third-order valence-corrected chi connectivity index (χ3v) is 9.32. The van der Waals surface area contributed by atoms with Gasteiger partial charge in [-0.25, -0.2) is 0 Å². The number of nitrogens with one attached hydrogen (secondary N) is 2. The van der Waals surface area contributed by atoms with Crippen molar-refractivity contribution >= 4 is 5.91 Å². The Labute approximate surface area is 186 Å². The first-order chi connectivity index (χ1) is 15.1. The molecule has 6 aliphatic rings. The van der Waals surface area contributed by atoms with Crippen LogP contribution in [0.25, 0.3) is 0 Å². The minimum atomic E-state index is 0.0637. The number of fused-ring (bicyclic) bond motifs is 2. The molecule has 2 aliphatic heterocycles. The van der Waals surface area contributed by atoms with E-state index in [-0.39, 0.29) is 11.4 Å². The molecule has 1 amide bonds. The van der Waals surface area contributed by atoms with Crippen molar-refractivity contribution < 1.29 is 9.53 Å². The topological polar surface area (TPSA) is 53.6 Å². The third-order valence-electron chi connectivity index (χ3n) is 9.32. The second kappa shape index (κ2) is 7.77. The number of hydrogen-bond acceptors (Lipinski definition) is 4. The van der Waals surface area contributed by atoms with Crippen molar-refractivity contribution in [3.8, 4) is 5.75 Å². The van der Waals surface area contributed by atoms with E-state index in [0.29, 0.717) is 12.6 Å². The minimum absolute atomic E-state index is 0.0637. The Hall–Kier alpha value is -1.59. The molecule has 5 nitrogen and oxygen atoms in total. The van der Waals surface area contributed by atoms with Gasteiger partial charge in [-0.2, -0.15) is 0 Å². The van der Waals surface area contributed by atoms with Crippen LogP contribution in [0, 0.1) is 23.7 Å². The van der Waals surface area contributed by atoms with Crippen LogP contribution in [0.5, 0.6) is 5.75 Å². The molecular formula is C26H37N3O2. The summed E-state index contributed by atoms with van der Waals surface area (Å²) in [5.74, 6) is 4.64. The first-order valence-electron chi connectivity index (χ1n) is 12.6. The molecule has 168 valence electrons. The number of ether oxygens (including phenoxy) is 1. The highest BCUT2D eigenvalue weighted by Crippen LogP contribution is 2.53. The molecule has 1 aromatic rings. The monoisotopic (exact) mass is 423 g/mol. The van der Waals surface area contributed by atoms with Gasteiger partial charge in [-0.15, -0.1) is 0 Å². The number of piperidine rings is 1. The second-order valence-electron chi connectivity index (χ2n) is 11.1. The van der Waals surface area contributed by atoms with Crippen LogP contribution in [0.3, 0.4) is 0 Å². The normalized spacial score (nSPS) is 35.7. The van der Waals surface area contributed by atoms with Gasteiger partial charge in [0.05, 0.1) is 13.7 Å². The summed E-state index contributed by atoms with van der Waals surface area (Å²) in [5.41, 5.74) is 2.93.